The predicted molar refractivity (Wildman–Crippen MR) is 70.0 cm³/mol. The second-order valence-corrected chi connectivity index (χ2v) is 5.32. The first kappa shape index (κ1) is 12.7. The highest BCUT2D eigenvalue weighted by Gasteiger charge is 2.20. The van der Waals surface area contributed by atoms with Crippen LogP contribution in [0.15, 0.2) is 18.3 Å². The lowest BCUT2D eigenvalue weighted by Crippen LogP contribution is -2.19. The summed E-state index contributed by atoms with van der Waals surface area (Å²) in [6.45, 7) is 7.98. The lowest BCUT2D eigenvalue weighted by molar-refractivity contribution is 0.103. The van der Waals surface area contributed by atoms with E-state index in [9.17, 15) is 0 Å². The predicted octanol–water partition coefficient (Wildman–Crippen LogP) is 2.41. The van der Waals surface area contributed by atoms with Crippen molar-refractivity contribution in [2.24, 2.45) is 5.92 Å². The van der Waals surface area contributed by atoms with Crippen LogP contribution >= 0.6 is 0 Å². The molecule has 1 heterocycles. The maximum Gasteiger partial charge on any atom is 0.0645 e. The average molecular weight is 236 g/mol. The molecule has 2 rings (SSSR count). The molecule has 1 aliphatic carbocycles. The molecule has 0 amide bonds. The molecule has 0 bridgehead atoms. The molecule has 0 saturated heterocycles. The Kier molecular flexibility index (Phi) is 4.63. The first-order valence-electron chi connectivity index (χ1n) is 6.71. The van der Waals surface area contributed by atoms with Gasteiger partial charge in [0, 0.05) is 37.6 Å². The van der Waals surface area contributed by atoms with Crippen molar-refractivity contribution in [3.63, 3.8) is 0 Å². The van der Waals surface area contributed by atoms with Crippen molar-refractivity contribution in [2.45, 2.75) is 45.8 Å². The van der Waals surface area contributed by atoms with Crippen LogP contribution in [0.25, 0.3) is 0 Å². The van der Waals surface area contributed by atoms with Gasteiger partial charge in [-0.15, -0.1) is 0 Å². The Labute approximate surface area is 104 Å². The van der Waals surface area contributed by atoms with E-state index in [4.69, 9.17) is 4.74 Å². The number of hydrogen-bond donors (Lipinski definition) is 1. The van der Waals surface area contributed by atoms with E-state index in [1.807, 2.05) is 0 Å². The fraction of sp³-hybridized carbons (Fsp3) is 0.714. The molecule has 1 aliphatic rings. The minimum absolute atomic E-state index is 0.621. The third-order valence-electron chi connectivity index (χ3n) is 3.00. The van der Waals surface area contributed by atoms with Gasteiger partial charge < -0.3 is 14.6 Å². The van der Waals surface area contributed by atoms with Crippen LogP contribution in [0.4, 0.5) is 0 Å². The molecule has 0 radical (unpaired) electrons. The van der Waals surface area contributed by atoms with Crippen molar-refractivity contribution in [1.82, 2.24) is 9.88 Å². The van der Waals surface area contributed by atoms with Gasteiger partial charge in [0.25, 0.3) is 0 Å². The van der Waals surface area contributed by atoms with Gasteiger partial charge in [-0.1, -0.05) is 13.8 Å². The highest BCUT2D eigenvalue weighted by Crippen LogP contribution is 2.19. The van der Waals surface area contributed by atoms with Crippen LogP contribution in [0.2, 0.25) is 0 Å². The lowest BCUT2D eigenvalue weighted by atomic mass is 10.2. The van der Waals surface area contributed by atoms with Gasteiger partial charge in [-0.2, -0.15) is 0 Å². The average Bonchev–Trinajstić information content (AvgIpc) is 3.02. The SMILES string of the molecule is CC(C)COCCn1cccc1CNC1CC1. The molecule has 96 valence electrons. The topological polar surface area (TPSA) is 26.2 Å². The summed E-state index contributed by atoms with van der Waals surface area (Å²) in [5.74, 6) is 0.621. The highest BCUT2D eigenvalue weighted by atomic mass is 16.5. The first-order chi connectivity index (χ1) is 8.25. The summed E-state index contributed by atoms with van der Waals surface area (Å²) in [5, 5.41) is 3.55. The Hall–Kier alpha value is -0.800. The van der Waals surface area contributed by atoms with Crippen LogP contribution in [0.1, 0.15) is 32.4 Å². The summed E-state index contributed by atoms with van der Waals surface area (Å²) in [4.78, 5) is 0. The zero-order chi connectivity index (χ0) is 12.1. The van der Waals surface area contributed by atoms with Crippen molar-refractivity contribution in [3.05, 3.63) is 24.0 Å². The molecule has 3 heteroatoms. The molecule has 1 aromatic heterocycles. The van der Waals surface area contributed by atoms with Gasteiger partial charge in [0.05, 0.1) is 6.61 Å². The Balaban J connectivity index is 1.69. The Morgan fingerprint density at radius 3 is 3.00 bits per heavy atom. The molecule has 17 heavy (non-hydrogen) atoms. The van der Waals surface area contributed by atoms with Gasteiger partial charge in [0.15, 0.2) is 0 Å². The fourth-order valence-electron chi connectivity index (χ4n) is 1.85. The fourth-order valence-corrected chi connectivity index (χ4v) is 1.85. The smallest absolute Gasteiger partial charge is 0.0645 e. The van der Waals surface area contributed by atoms with E-state index < -0.39 is 0 Å². The molecule has 3 nitrogen and oxygen atoms in total. The monoisotopic (exact) mass is 236 g/mol. The molecule has 0 unspecified atom stereocenters. The van der Waals surface area contributed by atoms with Crippen molar-refractivity contribution in [1.29, 1.82) is 0 Å². The zero-order valence-corrected chi connectivity index (χ0v) is 11.0. The molecular formula is C14H24N2O. The van der Waals surface area contributed by atoms with Crippen molar-refractivity contribution in [3.8, 4) is 0 Å². The summed E-state index contributed by atoms with van der Waals surface area (Å²) in [5.41, 5.74) is 1.37. The minimum atomic E-state index is 0.621. The molecule has 0 aliphatic heterocycles. The molecule has 0 spiro atoms. The van der Waals surface area contributed by atoms with Crippen LogP contribution in [-0.2, 0) is 17.8 Å². The zero-order valence-electron chi connectivity index (χ0n) is 11.0. The van der Waals surface area contributed by atoms with Crippen LogP contribution in [0, 0.1) is 5.92 Å². The molecule has 1 saturated carbocycles. The van der Waals surface area contributed by atoms with E-state index in [2.05, 4.69) is 42.1 Å². The number of aromatic nitrogens is 1. The molecule has 1 N–H and O–H groups in total. The van der Waals surface area contributed by atoms with Gasteiger partial charge in [-0.05, 0) is 30.9 Å². The van der Waals surface area contributed by atoms with E-state index in [-0.39, 0.29) is 0 Å². The van der Waals surface area contributed by atoms with Crippen LogP contribution in [-0.4, -0.2) is 23.8 Å². The summed E-state index contributed by atoms with van der Waals surface area (Å²) in [6, 6.07) is 5.08. The largest absolute Gasteiger partial charge is 0.379 e. The van der Waals surface area contributed by atoms with Gasteiger partial charge in [-0.3, -0.25) is 0 Å². The van der Waals surface area contributed by atoms with E-state index in [0.717, 1.165) is 32.3 Å². The molecule has 1 fully saturated rings. The van der Waals surface area contributed by atoms with Crippen LogP contribution in [0.5, 0.6) is 0 Å². The van der Waals surface area contributed by atoms with E-state index >= 15 is 0 Å². The Bertz CT molecular complexity index is 329. The number of nitrogens with one attached hydrogen (secondary N) is 1. The molecule has 1 aromatic rings. The van der Waals surface area contributed by atoms with Crippen LogP contribution < -0.4 is 5.32 Å². The number of ether oxygens (including phenoxy) is 1. The van der Waals surface area contributed by atoms with Crippen molar-refractivity contribution < 1.29 is 4.74 Å². The normalized spacial score (nSPS) is 15.7. The third-order valence-corrected chi connectivity index (χ3v) is 3.00. The number of hydrogen-bond acceptors (Lipinski definition) is 2. The summed E-state index contributed by atoms with van der Waals surface area (Å²) in [6.07, 6.45) is 4.83. The minimum Gasteiger partial charge on any atom is -0.379 e. The van der Waals surface area contributed by atoms with E-state index in [1.165, 1.54) is 18.5 Å². The lowest BCUT2D eigenvalue weighted by Gasteiger charge is -2.11. The summed E-state index contributed by atoms with van der Waals surface area (Å²) in [7, 11) is 0. The second-order valence-electron chi connectivity index (χ2n) is 5.32. The van der Waals surface area contributed by atoms with Crippen molar-refractivity contribution >= 4 is 0 Å². The van der Waals surface area contributed by atoms with Gasteiger partial charge >= 0.3 is 0 Å². The van der Waals surface area contributed by atoms with E-state index in [0.29, 0.717) is 5.92 Å². The molecule has 0 aromatic carbocycles. The van der Waals surface area contributed by atoms with Gasteiger partial charge in [0.1, 0.15) is 0 Å². The van der Waals surface area contributed by atoms with Gasteiger partial charge in [0.2, 0.25) is 0 Å². The molecular weight excluding hydrogens is 212 g/mol. The maximum absolute atomic E-state index is 5.62. The Morgan fingerprint density at radius 1 is 1.47 bits per heavy atom. The first-order valence-corrected chi connectivity index (χ1v) is 6.71. The maximum atomic E-state index is 5.62. The third kappa shape index (κ3) is 4.52. The molecule has 0 atom stereocenters. The Morgan fingerprint density at radius 2 is 2.29 bits per heavy atom. The summed E-state index contributed by atoms with van der Waals surface area (Å²) >= 11 is 0. The quantitative estimate of drug-likeness (QED) is 0.702. The summed E-state index contributed by atoms with van der Waals surface area (Å²) < 4.78 is 7.91. The van der Waals surface area contributed by atoms with Crippen molar-refractivity contribution in [2.75, 3.05) is 13.2 Å². The van der Waals surface area contributed by atoms with E-state index in [1.54, 1.807) is 0 Å². The number of rotatable bonds is 8. The number of nitrogens with zero attached hydrogens (tertiary/aromatic N) is 1. The highest BCUT2D eigenvalue weighted by molar-refractivity contribution is 5.07. The standard InChI is InChI=1S/C14H24N2O/c1-12(2)11-17-9-8-16-7-3-4-14(16)10-15-13-5-6-13/h3-4,7,12-13,15H,5-6,8-11H2,1-2H3. The second kappa shape index (κ2) is 6.22. The van der Waals surface area contributed by atoms with Gasteiger partial charge in [-0.25, -0.2) is 0 Å². The van der Waals surface area contributed by atoms with Crippen LogP contribution in [0.3, 0.4) is 0 Å².